The average molecular weight is 382 g/mol. The molecule has 0 amide bonds. The van der Waals surface area contributed by atoms with E-state index in [4.69, 9.17) is 18.6 Å². The lowest BCUT2D eigenvalue weighted by Gasteiger charge is -2.23. The summed E-state index contributed by atoms with van der Waals surface area (Å²) in [6.45, 7) is 0.305. The number of thiazole rings is 1. The molecule has 0 saturated heterocycles. The van der Waals surface area contributed by atoms with Gasteiger partial charge in [0.1, 0.15) is 12.4 Å². The third-order valence-electron chi connectivity index (χ3n) is 4.03. The van der Waals surface area contributed by atoms with E-state index in [0.29, 0.717) is 29.1 Å². The molecular formula is C18H14N4O4S. The Morgan fingerprint density at radius 3 is 2.93 bits per heavy atom. The molecule has 0 aliphatic carbocycles. The number of hydrogen-bond donors (Lipinski definition) is 1. The van der Waals surface area contributed by atoms with E-state index in [1.54, 1.807) is 7.11 Å². The number of nitrogens with zero attached hydrogens (tertiary/aromatic N) is 3. The summed E-state index contributed by atoms with van der Waals surface area (Å²) in [4.78, 5) is 4.51. The second-order valence-electron chi connectivity index (χ2n) is 5.79. The summed E-state index contributed by atoms with van der Waals surface area (Å²) < 4.78 is 23.5. The van der Waals surface area contributed by atoms with Crippen molar-refractivity contribution in [1.82, 2.24) is 15.2 Å². The summed E-state index contributed by atoms with van der Waals surface area (Å²) in [5, 5.41) is 11.8. The maximum atomic E-state index is 5.88. The minimum absolute atomic E-state index is 0.249. The van der Waals surface area contributed by atoms with Gasteiger partial charge in [0.05, 0.1) is 17.3 Å². The summed E-state index contributed by atoms with van der Waals surface area (Å²) in [6, 6.07) is 13.5. The molecule has 136 valence electrons. The van der Waals surface area contributed by atoms with Gasteiger partial charge < -0.3 is 18.6 Å². The van der Waals surface area contributed by atoms with Crippen LogP contribution in [0.15, 0.2) is 46.9 Å². The average Bonchev–Trinajstić information content (AvgIpc) is 3.33. The molecular weight excluding hydrogens is 368 g/mol. The molecule has 27 heavy (non-hydrogen) atoms. The second kappa shape index (κ2) is 6.44. The molecule has 2 aromatic carbocycles. The summed E-state index contributed by atoms with van der Waals surface area (Å²) >= 11 is 1.49. The fourth-order valence-corrected chi connectivity index (χ4v) is 3.57. The highest BCUT2D eigenvalue weighted by Gasteiger charge is 2.27. The van der Waals surface area contributed by atoms with Crippen molar-refractivity contribution in [3.05, 3.63) is 48.4 Å². The molecule has 0 unspecified atom stereocenters. The molecule has 2 aromatic heterocycles. The second-order valence-corrected chi connectivity index (χ2v) is 6.82. The predicted octanol–water partition coefficient (Wildman–Crippen LogP) is 3.94. The Morgan fingerprint density at radius 1 is 1.15 bits per heavy atom. The Labute approximate surface area is 157 Å². The van der Waals surface area contributed by atoms with Crippen molar-refractivity contribution in [3.63, 3.8) is 0 Å². The first-order valence-electron chi connectivity index (χ1n) is 8.22. The molecule has 9 heteroatoms. The molecule has 3 heterocycles. The highest BCUT2D eigenvalue weighted by Crippen LogP contribution is 2.36. The van der Waals surface area contributed by atoms with E-state index in [1.165, 1.54) is 11.3 Å². The van der Waals surface area contributed by atoms with Gasteiger partial charge in [-0.15, -0.1) is 5.10 Å². The van der Waals surface area contributed by atoms with E-state index in [2.05, 4.69) is 20.5 Å². The highest BCUT2D eigenvalue weighted by molar-refractivity contribution is 7.22. The van der Waals surface area contributed by atoms with Crippen molar-refractivity contribution in [3.8, 4) is 17.2 Å². The molecule has 5 rings (SSSR count). The van der Waals surface area contributed by atoms with Crippen LogP contribution in [-0.2, 0) is 0 Å². The number of rotatable bonds is 4. The summed E-state index contributed by atoms with van der Waals surface area (Å²) in [6.07, 6.45) is -0.456. The van der Waals surface area contributed by atoms with E-state index < -0.39 is 6.10 Å². The lowest BCUT2D eigenvalue weighted by atomic mass is 10.2. The molecule has 4 aromatic rings. The third-order valence-corrected chi connectivity index (χ3v) is 4.99. The van der Waals surface area contributed by atoms with E-state index >= 15 is 0 Å². The summed E-state index contributed by atoms with van der Waals surface area (Å²) in [5.74, 6) is 2.46. The van der Waals surface area contributed by atoms with Crippen LogP contribution >= 0.6 is 11.3 Å². The number of fused-ring (bicyclic) bond motifs is 2. The maximum absolute atomic E-state index is 5.88. The van der Waals surface area contributed by atoms with Gasteiger partial charge in [0.25, 0.3) is 5.89 Å². The Balaban J connectivity index is 1.34. The van der Waals surface area contributed by atoms with Crippen LogP contribution in [-0.4, -0.2) is 28.9 Å². The number of benzene rings is 2. The first kappa shape index (κ1) is 15.9. The Hall–Kier alpha value is -3.33. The number of ether oxygens (including phenoxy) is 3. The van der Waals surface area contributed by atoms with Gasteiger partial charge in [-0.3, -0.25) is 5.32 Å². The van der Waals surface area contributed by atoms with Gasteiger partial charge in [-0.25, -0.2) is 4.98 Å². The molecule has 8 nitrogen and oxygen atoms in total. The Bertz CT molecular complexity index is 1110. The van der Waals surface area contributed by atoms with Crippen LogP contribution in [0.25, 0.3) is 10.2 Å². The largest absolute Gasteiger partial charge is 0.497 e. The van der Waals surface area contributed by atoms with Crippen molar-refractivity contribution in [2.24, 2.45) is 0 Å². The normalized spacial score (nSPS) is 15.7. The molecule has 0 fully saturated rings. The first-order valence-corrected chi connectivity index (χ1v) is 9.03. The maximum Gasteiger partial charge on any atom is 0.322 e. The van der Waals surface area contributed by atoms with Gasteiger partial charge in [0, 0.05) is 6.07 Å². The number of anilines is 2. The minimum Gasteiger partial charge on any atom is -0.497 e. The molecule has 1 aliphatic heterocycles. The highest BCUT2D eigenvalue weighted by atomic mass is 32.1. The lowest BCUT2D eigenvalue weighted by Crippen LogP contribution is -2.21. The quantitative estimate of drug-likeness (QED) is 0.567. The molecule has 0 bridgehead atoms. The molecule has 0 spiro atoms. The summed E-state index contributed by atoms with van der Waals surface area (Å²) in [5.41, 5.74) is 0.835. The SMILES string of the molecule is COc1ccc2sc(Nc3nnc([C@H]4COc5ccccc5O4)o3)nc2c1. The van der Waals surface area contributed by atoms with Crippen molar-refractivity contribution >= 4 is 32.7 Å². The van der Waals surface area contributed by atoms with E-state index in [0.717, 1.165) is 16.0 Å². The van der Waals surface area contributed by atoms with Gasteiger partial charge in [-0.05, 0) is 24.3 Å². The van der Waals surface area contributed by atoms with E-state index in [9.17, 15) is 0 Å². The number of methoxy groups -OCH3 is 1. The zero-order valence-electron chi connectivity index (χ0n) is 14.2. The summed E-state index contributed by atoms with van der Waals surface area (Å²) in [7, 11) is 1.63. The van der Waals surface area contributed by atoms with Gasteiger partial charge in [0.15, 0.2) is 16.6 Å². The van der Waals surface area contributed by atoms with Gasteiger partial charge in [-0.2, -0.15) is 0 Å². The van der Waals surface area contributed by atoms with Crippen LogP contribution in [0.1, 0.15) is 12.0 Å². The molecule has 1 aliphatic rings. The minimum atomic E-state index is -0.456. The fraction of sp³-hybridized carbons (Fsp3) is 0.167. The number of aromatic nitrogens is 3. The van der Waals surface area contributed by atoms with Crippen molar-refractivity contribution in [1.29, 1.82) is 0 Å². The standard InChI is InChI=1S/C18H14N4O4S/c1-23-10-6-7-15-11(8-10)19-18(27-15)20-17-22-21-16(26-17)14-9-24-12-4-2-3-5-13(12)25-14/h2-8,14H,9H2,1H3,(H,19,20,22)/t14-/m1/s1. The number of nitrogens with one attached hydrogen (secondary N) is 1. The zero-order chi connectivity index (χ0) is 18.2. The van der Waals surface area contributed by atoms with E-state index in [-0.39, 0.29) is 6.01 Å². The topological polar surface area (TPSA) is 91.5 Å². The van der Waals surface area contributed by atoms with Crippen LogP contribution in [0.4, 0.5) is 11.1 Å². The van der Waals surface area contributed by atoms with Crippen LogP contribution in [0.3, 0.4) is 0 Å². The Morgan fingerprint density at radius 2 is 2.04 bits per heavy atom. The lowest BCUT2D eigenvalue weighted by molar-refractivity contribution is 0.0718. The van der Waals surface area contributed by atoms with Crippen LogP contribution in [0.5, 0.6) is 17.2 Å². The Kier molecular flexibility index (Phi) is 3.79. The number of hydrogen-bond acceptors (Lipinski definition) is 9. The van der Waals surface area contributed by atoms with Gasteiger partial charge >= 0.3 is 6.01 Å². The molecule has 1 N–H and O–H groups in total. The van der Waals surface area contributed by atoms with Gasteiger partial charge in [0.2, 0.25) is 6.10 Å². The molecule has 0 saturated carbocycles. The predicted molar refractivity (Wildman–Crippen MR) is 99.1 cm³/mol. The molecule has 0 radical (unpaired) electrons. The van der Waals surface area contributed by atoms with Crippen LogP contribution in [0, 0.1) is 0 Å². The van der Waals surface area contributed by atoms with Crippen molar-refractivity contribution in [2.45, 2.75) is 6.10 Å². The first-order chi connectivity index (χ1) is 13.3. The monoisotopic (exact) mass is 382 g/mol. The van der Waals surface area contributed by atoms with E-state index in [1.807, 2.05) is 42.5 Å². The van der Waals surface area contributed by atoms with Gasteiger partial charge in [-0.1, -0.05) is 28.6 Å². The molecule has 1 atom stereocenters. The third kappa shape index (κ3) is 3.02. The fourth-order valence-electron chi connectivity index (χ4n) is 2.74. The van der Waals surface area contributed by atoms with Crippen LogP contribution < -0.4 is 19.5 Å². The van der Waals surface area contributed by atoms with Crippen LogP contribution in [0.2, 0.25) is 0 Å². The van der Waals surface area contributed by atoms with Crippen molar-refractivity contribution < 1.29 is 18.6 Å². The zero-order valence-corrected chi connectivity index (χ0v) is 15.0. The number of para-hydroxylation sites is 2. The smallest absolute Gasteiger partial charge is 0.322 e. The van der Waals surface area contributed by atoms with Crippen molar-refractivity contribution in [2.75, 3.05) is 19.0 Å².